The van der Waals surface area contributed by atoms with E-state index >= 15 is 0 Å². The second-order valence-corrected chi connectivity index (χ2v) is 5.77. The summed E-state index contributed by atoms with van der Waals surface area (Å²) in [6.45, 7) is 2.39. The summed E-state index contributed by atoms with van der Waals surface area (Å²) in [5.74, 6) is -0.734. The number of alkyl halides is 1. The van der Waals surface area contributed by atoms with Gasteiger partial charge in [-0.15, -0.1) is 0 Å². The fraction of sp³-hybridized carbons (Fsp3) is 0.294. The zero-order valence-corrected chi connectivity index (χ0v) is 14.9. The monoisotopic (exact) mass is 391 g/mol. The Bertz CT molecular complexity index is 889. The molecular weight excluding hydrogens is 374 g/mol. The number of unbranched alkanes of at least 4 members (excludes halogenated alkanes) is 1. The number of rotatable bonds is 4. The van der Waals surface area contributed by atoms with Crippen LogP contribution in [0.25, 0.3) is 11.0 Å². The number of hydrogen-bond acceptors (Lipinski definition) is 5. The zero-order valence-electron chi connectivity index (χ0n) is 13.3. The van der Waals surface area contributed by atoms with Crippen LogP contribution in [0.2, 0.25) is 0 Å². The smallest absolute Gasteiger partial charge is 0.372 e. The first-order chi connectivity index (χ1) is 11.7. The topological polar surface area (TPSA) is 78.0 Å². The van der Waals surface area contributed by atoms with Crippen LogP contribution >= 0.6 is 15.9 Å². The summed E-state index contributed by atoms with van der Waals surface area (Å²) >= 11 is 3.31. The van der Waals surface area contributed by atoms with Gasteiger partial charge >= 0.3 is 11.4 Å². The molecule has 126 valence electrons. The second kappa shape index (κ2) is 9.12. The highest BCUT2D eigenvalue weighted by atomic mass is 79.9. The van der Waals surface area contributed by atoms with E-state index in [4.69, 9.17) is 0 Å². The maximum Gasteiger partial charge on any atom is 0.423 e. The minimum Gasteiger partial charge on any atom is -0.372 e. The Balaban J connectivity index is 0.000000368. The maximum absolute atomic E-state index is 11.8. The van der Waals surface area contributed by atoms with Crippen LogP contribution in [0.3, 0.4) is 0 Å². The van der Waals surface area contributed by atoms with Crippen LogP contribution in [-0.2, 0) is 6.54 Å². The summed E-state index contributed by atoms with van der Waals surface area (Å²) in [5.41, 5.74) is 0.310. The van der Waals surface area contributed by atoms with E-state index in [9.17, 15) is 9.59 Å². The molecule has 0 spiro atoms. The number of fused-ring (bicyclic) bond motifs is 1. The Kier molecular flexibility index (Phi) is 6.87. The Morgan fingerprint density at radius 1 is 1.12 bits per heavy atom. The molecule has 0 radical (unpaired) electrons. The van der Waals surface area contributed by atoms with Gasteiger partial charge in [-0.05, 0) is 30.7 Å². The van der Waals surface area contributed by atoms with Crippen molar-refractivity contribution < 1.29 is 4.42 Å². The van der Waals surface area contributed by atoms with Crippen molar-refractivity contribution in [2.24, 2.45) is 0 Å². The number of hydrogen-bond donors (Lipinski definition) is 0. The molecule has 0 saturated carbocycles. The summed E-state index contributed by atoms with van der Waals surface area (Å²) in [4.78, 5) is 31.6. The van der Waals surface area contributed by atoms with Crippen molar-refractivity contribution in [3.63, 3.8) is 0 Å². The van der Waals surface area contributed by atoms with Crippen molar-refractivity contribution in [3.05, 3.63) is 69.4 Å². The quantitative estimate of drug-likeness (QED) is 0.638. The van der Waals surface area contributed by atoms with E-state index in [0.717, 1.165) is 5.33 Å². The van der Waals surface area contributed by atoms with Crippen molar-refractivity contribution >= 4 is 27.0 Å². The van der Waals surface area contributed by atoms with Crippen molar-refractivity contribution in [1.82, 2.24) is 14.5 Å². The van der Waals surface area contributed by atoms with Crippen LogP contribution in [0.4, 0.5) is 0 Å². The number of halogens is 1. The molecule has 0 bridgehead atoms. The molecular formula is C17H18BrN3O3. The van der Waals surface area contributed by atoms with E-state index in [1.54, 1.807) is 30.5 Å². The first kappa shape index (κ1) is 18.1. The number of nitrogens with zero attached hydrogens (tertiary/aromatic N) is 3. The maximum atomic E-state index is 11.8. The summed E-state index contributed by atoms with van der Waals surface area (Å²) in [5, 5.41) is 1.43. The highest BCUT2D eigenvalue weighted by molar-refractivity contribution is 9.09. The minimum atomic E-state index is -0.734. The van der Waals surface area contributed by atoms with Crippen molar-refractivity contribution in [1.29, 1.82) is 0 Å². The highest BCUT2D eigenvalue weighted by Gasteiger charge is 2.10. The molecule has 3 heterocycles. The van der Waals surface area contributed by atoms with Crippen LogP contribution in [0.5, 0.6) is 0 Å². The van der Waals surface area contributed by atoms with Gasteiger partial charge in [0.25, 0.3) is 0 Å². The molecule has 0 N–H and O–H groups in total. The van der Waals surface area contributed by atoms with Crippen LogP contribution in [0, 0.1) is 0 Å². The average Bonchev–Trinajstić information content (AvgIpc) is 2.61. The van der Waals surface area contributed by atoms with E-state index in [1.807, 2.05) is 6.07 Å². The first-order valence-corrected chi connectivity index (χ1v) is 8.74. The molecule has 6 nitrogen and oxygen atoms in total. The molecule has 0 amide bonds. The van der Waals surface area contributed by atoms with Crippen LogP contribution < -0.4 is 11.4 Å². The number of pyridine rings is 2. The fourth-order valence-corrected chi connectivity index (χ4v) is 2.53. The molecule has 3 aromatic heterocycles. The molecule has 24 heavy (non-hydrogen) atoms. The van der Waals surface area contributed by atoms with E-state index in [0.29, 0.717) is 11.3 Å². The molecule has 0 fully saturated rings. The third-order valence-electron chi connectivity index (χ3n) is 3.20. The van der Waals surface area contributed by atoms with Crippen molar-refractivity contribution in [3.8, 4) is 0 Å². The standard InChI is InChI=1S/C13H9N3O3.C4H9Br/c17-12-10-5-3-7-15-11(10)16(13(18)19-12)8-9-4-1-2-6-14-9;1-2-3-4-5/h1-7H,8H2;2-4H2,1H3. The molecule has 0 aromatic carbocycles. The van der Waals surface area contributed by atoms with Gasteiger partial charge in [-0.3, -0.25) is 9.55 Å². The lowest BCUT2D eigenvalue weighted by atomic mass is 10.3. The largest absolute Gasteiger partial charge is 0.423 e. The average molecular weight is 392 g/mol. The summed E-state index contributed by atoms with van der Waals surface area (Å²) in [7, 11) is 0. The van der Waals surface area contributed by atoms with E-state index < -0.39 is 11.4 Å². The lowest BCUT2D eigenvalue weighted by Crippen LogP contribution is -2.26. The molecule has 0 aliphatic carbocycles. The lowest BCUT2D eigenvalue weighted by Gasteiger charge is -2.06. The predicted octanol–water partition coefficient (Wildman–Crippen LogP) is 2.97. The van der Waals surface area contributed by atoms with Crippen LogP contribution in [0.15, 0.2) is 56.7 Å². The third kappa shape index (κ3) is 4.61. The summed E-state index contributed by atoms with van der Waals surface area (Å²) in [6, 6.07) is 8.58. The molecule has 0 saturated heterocycles. The first-order valence-electron chi connectivity index (χ1n) is 7.62. The van der Waals surface area contributed by atoms with Gasteiger partial charge < -0.3 is 4.42 Å². The molecule has 7 heteroatoms. The van der Waals surface area contributed by atoms with Gasteiger partial charge in [-0.1, -0.05) is 35.3 Å². The molecule has 0 aliphatic rings. The Hall–Kier alpha value is -2.28. The van der Waals surface area contributed by atoms with Gasteiger partial charge in [0.05, 0.1) is 12.2 Å². The van der Waals surface area contributed by atoms with Gasteiger partial charge in [0.15, 0.2) is 5.65 Å². The molecule has 0 unspecified atom stereocenters. The normalized spacial score (nSPS) is 10.2. The van der Waals surface area contributed by atoms with Crippen molar-refractivity contribution in [2.45, 2.75) is 26.3 Å². The Labute approximate surface area is 147 Å². The fourth-order valence-electron chi connectivity index (χ4n) is 1.97. The minimum absolute atomic E-state index is 0.205. The van der Waals surface area contributed by atoms with Gasteiger partial charge in [0.1, 0.15) is 5.39 Å². The molecule has 3 aromatic rings. The third-order valence-corrected chi connectivity index (χ3v) is 3.76. The van der Waals surface area contributed by atoms with Crippen LogP contribution in [-0.4, -0.2) is 19.9 Å². The predicted molar refractivity (Wildman–Crippen MR) is 96.6 cm³/mol. The molecule has 0 aliphatic heterocycles. The van der Waals surface area contributed by atoms with E-state index in [-0.39, 0.29) is 11.9 Å². The van der Waals surface area contributed by atoms with Gasteiger partial charge in [-0.2, -0.15) is 0 Å². The SMILES string of the molecule is CCCCBr.O=c1oc(=O)n(Cc2ccccn2)c2ncccc12. The van der Waals surface area contributed by atoms with E-state index in [2.05, 4.69) is 37.2 Å². The number of aromatic nitrogens is 3. The van der Waals surface area contributed by atoms with Gasteiger partial charge in [0.2, 0.25) is 0 Å². The molecule has 3 rings (SSSR count). The second-order valence-electron chi connectivity index (χ2n) is 4.98. The summed E-state index contributed by atoms with van der Waals surface area (Å²) < 4.78 is 5.97. The lowest BCUT2D eigenvalue weighted by molar-refractivity contribution is 0.422. The summed E-state index contributed by atoms with van der Waals surface area (Å²) in [6.07, 6.45) is 5.76. The van der Waals surface area contributed by atoms with E-state index in [1.165, 1.54) is 23.6 Å². The van der Waals surface area contributed by atoms with Gasteiger partial charge in [-0.25, -0.2) is 14.6 Å². The molecule has 0 atom stereocenters. The van der Waals surface area contributed by atoms with Crippen LogP contribution in [0.1, 0.15) is 25.5 Å². The zero-order chi connectivity index (χ0) is 17.4. The highest BCUT2D eigenvalue weighted by Crippen LogP contribution is 2.05. The Morgan fingerprint density at radius 2 is 1.92 bits per heavy atom. The van der Waals surface area contributed by atoms with Gasteiger partial charge in [0, 0.05) is 17.7 Å². The Morgan fingerprint density at radius 3 is 2.54 bits per heavy atom. The van der Waals surface area contributed by atoms with Crippen molar-refractivity contribution in [2.75, 3.05) is 5.33 Å².